The Labute approximate surface area is 135 Å². The van der Waals surface area contributed by atoms with E-state index in [9.17, 15) is 0 Å². The number of hydrazine groups is 1. The first kappa shape index (κ1) is 16.8. The van der Waals surface area contributed by atoms with Gasteiger partial charge in [0.05, 0.1) is 11.8 Å². The topological polar surface area (TPSA) is 30.3 Å². The largest absolute Gasteiger partial charge is 0.303 e. The molecule has 0 bridgehead atoms. The van der Waals surface area contributed by atoms with Gasteiger partial charge in [-0.25, -0.2) is 5.01 Å². The molecule has 1 fully saturated rings. The van der Waals surface area contributed by atoms with E-state index >= 15 is 0 Å². The molecule has 22 heavy (non-hydrogen) atoms. The highest BCUT2D eigenvalue weighted by Gasteiger charge is 2.26. The molecule has 3 nitrogen and oxygen atoms in total. The molecule has 0 radical (unpaired) electrons. The summed E-state index contributed by atoms with van der Waals surface area (Å²) in [5, 5.41) is 13.9. The van der Waals surface area contributed by atoms with Crippen LogP contribution in [0.1, 0.15) is 58.3 Å². The van der Waals surface area contributed by atoms with Crippen molar-refractivity contribution >= 4 is 5.69 Å². The molecule has 0 unspecified atom stereocenters. The molecule has 1 aliphatic carbocycles. The van der Waals surface area contributed by atoms with E-state index in [4.69, 9.17) is 5.26 Å². The van der Waals surface area contributed by atoms with Crippen molar-refractivity contribution in [3.63, 3.8) is 0 Å². The Bertz CT molecular complexity index is 445. The van der Waals surface area contributed by atoms with Crippen LogP contribution in [0.2, 0.25) is 0 Å². The standard InChI is InChI=1S/C19H29N3/c1-2-3-16-21(17-10-15-20)22(18-11-6-4-7-12-18)19-13-8-5-9-14-19/h4,6-7,11-12,19H,2-3,5,8-10,13-14,16-17H2,1H3. The van der Waals surface area contributed by atoms with Gasteiger partial charge in [-0.15, -0.1) is 0 Å². The van der Waals surface area contributed by atoms with E-state index < -0.39 is 0 Å². The molecule has 3 heteroatoms. The Morgan fingerprint density at radius 3 is 2.45 bits per heavy atom. The molecule has 0 spiro atoms. The lowest BCUT2D eigenvalue weighted by Gasteiger charge is -2.43. The molecule has 2 rings (SSSR count). The Morgan fingerprint density at radius 1 is 1.09 bits per heavy atom. The van der Waals surface area contributed by atoms with Gasteiger partial charge in [-0.05, 0) is 31.4 Å². The van der Waals surface area contributed by atoms with Crippen LogP contribution in [0.4, 0.5) is 5.69 Å². The average molecular weight is 299 g/mol. The minimum absolute atomic E-state index is 0.590. The molecule has 1 aliphatic rings. The fourth-order valence-corrected chi connectivity index (χ4v) is 3.36. The molecular formula is C19H29N3. The maximum Gasteiger partial charge on any atom is 0.0635 e. The third kappa shape index (κ3) is 4.74. The van der Waals surface area contributed by atoms with Gasteiger partial charge >= 0.3 is 0 Å². The fourth-order valence-electron chi connectivity index (χ4n) is 3.36. The lowest BCUT2D eigenvalue weighted by Crippen LogP contribution is -2.50. The molecule has 120 valence electrons. The smallest absolute Gasteiger partial charge is 0.0635 e. The minimum Gasteiger partial charge on any atom is -0.303 e. The van der Waals surface area contributed by atoms with Crippen LogP contribution in [-0.4, -0.2) is 24.1 Å². The summed E-state index contributed by atoms with van der Waals surface area (Å²) >= 11 is 0. The number of rotatable bonds is 8. The summed E-state index contributed by atoms with van der Waals surface area (Å²) in [5.41, 5.74) is 1.28. The van der Waals surface area contributed by atoms with Crippen LogP contribution in [0.3, 0.4) is 0 Å². The first-order chi connectivity index (χ1) is 10.9. The molecule has 0 atom stereocenters. The third-order valence-electron chi connectivity index (χ3n) is 4.50. The van der Waals surface area contributed by atoms with Crippen LogP contribution >= 0.6 is 0 Å². The van der Waals surface area contributed by atoms with Crippen LogP contribution in [0, 0.1) is 11.3 Å². The second-order valence-electron chi connectivity index (χ2n) is 6.19. The van der Waals surface area contributed by atoms with Crippen LogP contribution in [0.5, 0.6) is 0 Å². The molecule has 0 aliphatic heterocycles. The van der Waals surface area contributed by atoms with Crippen molar-refractivity contribution < 1.29 is 0 Å². The van der Waals surface area contributed by atoms with E-state index in [2.05, 4.69) is 53.3 Å². The summed E-state index contributed by atoms with van der Waals surface area (Å²) in [4.78, 5) is 0. The number of nitriles is 1. The van der Waals surface area contributed by atoms with Crippen molar-refractivity contribution in [3.05, 3.63) is 30.3 Å². The zero-order chi connectivity index (χ0) is 15.6. The number of hydrogen-bond acceptors (Lipinski definition) is 3. The van der Waals surface area contributed by atoms with Crippen molar-refractivity contribution in [1.82, 2.24) is 5.01 Å². The molecule has 1 aromatic rings. The summed E-state index contributed by atoms with van der Waals surface area (Å²) < 4.78 is 0. The number of anilines is 1. The van der Waals surface area contributed by atoms with Crippen LogP contribution in [0.25, 0.3) is 0 Å². The van der Waals surface area contributed by atoms with Crippen LogP contribution in [0.15, 0.2) is 30.3 Å². The van der Waals surface area contributed by atoms with Crippen LogP contribution in [-0.2, 0) is 0 Å². The van der Waals surface area contributed by atoms with Gasteiger partial charge in [0.1, 0.15) is 0 Å². The van der Waals surface area contributed by atoms with E-state index in [1.54, 1.807) is 0 Å². The highest BCUT2D eigenvalue weighted by atomic mass is 15.6. The molecule has 1 aromatic carbocycles. The maximum absolute atomic E-state index is 9.01. The Balaban J connectivity index is 2.20. The lowest BCUT2D eigenvalue weighted by atomic mass is 9.94. The zero-order valence-electron chi connectivity index (χ0n) is 13.9. The van der Waals surface area contributed by atoms with Gasteiger partial charge in [0.2, 0.25) is 0 Å². The monoisotopic (exact) mass is 299 g/mol. The zero-order valence-corrected chi connectivity index (χ0v) is 13.9. The molecule has 0 heterocycles. The van der Waals surface area contributed by atoms with Crippen LogP contribution < -0.4 is 5.01 Å². The highest BCUT2D eigenvalue weighted by molar-refractivity contribution is 5.46. The predicted octanol–water partition coefficient (Wildman–Crippen LogP) is 4.76. The summed E-state index contributed by atoms with van der Waals surface area (Å²) in [7, 11) is 0. The van der Waals surface area contributed by atoms with Crippen molar-refractivity contribution in [1.29, 1.82) is 5.26 Å². The molecule has 0 amide bonds. The van der Waals surface area contributed by atoms with Crippen molar-refractivity contribution in [2.75, 3.05) is 18.1 Å². The van der Waals surface area contributed by atoms with E-state index in [1.165, 1.54) is 50.6 Å². The van der Waals surface area contributed by atoms with Crippen molar-refractivity contribution in [2.45, 2.75) is 64.3 Å². The SMILES string of the molecule is CCCCN(CCC#N)N(c1ccccc1)C1CCCCC1. The lowest BCUT2D eigenvalue weighted by molar-refractivity contribution is 0.202. The second-order valence-corrected chi connectivity index (χ2v) is 6.19. The third-order valence-corrected chi connectivity index (χ3v) is 4.50. The number of hydrogen-bond donors (Lipinski definition) is 0. The van der Waals surface area contributed by atoms with Gasteiger partial charge in [-0.2, -0.15) is 5.26 Å². The van der Waals surface area contributed by atoms with Gasteiger partial charge < -0.3 is 5.01 Å². The molecule has 0 saturated heterocycles. The molecule has 0 N–H and O–H groups in total. The Morgan fingerprint density at radius 2 is 1.82 bits per heavy atom. The molecule has 0 aromatic heterocycles. The first-order valence-electron chi connectivity index (χ1n) is 8.83. The second kappa shape index (κ2) is 9.48. The molecular weight excluding hydrogens is 270 g/mol. The fraction of sp³-hybridized carbons (Fsp3) is 0.632. The number of nitrogens with zero attached hydrogens (tertiary/aromatic N) is 3. The minimum atomic E-state index is 0.590. The Hall–Kier alpha value is -1.53. The summed E-state index contributed by atoms with van der Waals surface area (Å²) in [5.74, 6) is 0. The number of para-hydroxylation sites is 1. The number of unbranched alkanes of at least 4 members (excludes halogenated alkanes) is 1. The van der Waals surface area contributed by atoms with E-state index in [-0.39, 0.29) is 0 Å². The quantitative estimate of drug-likeness (QED) is 0.648. The highest BCUT2D eigenvalue weighted by Crippen LogP contribution is 2.29. The maximum atomic E-state index is 9.01. The average Bonchev–Trinajstić information content (AvgIpc) is 2.59. The normalized spacial score (nSPS) is 15.7. The van der Waals surface area contributed by atoms with Crippen molar-refractivity contribution in [3.8, 4) is 6.07 Å². The predicted molar refractivity (Wildman–Crippen MR) is 92.5 cm³/mol. The first-order valence-corrected chi connectivity index (χ1v) is 8.83. The van der Waals surface area contributed by atoms with Crippen molar-refractivity contribution in [2.24, 2.45) is 0 Å². The van der Waals surface area contributed by atoms with E-state index in [1.807, 2.05) is 0 Å². The Kier molecular flexibility index (Phi) is 7.25. The van der Waals surface area contributed by atoms with Gasteiger partial charge in [0.25, 0.3) is 0 Å². The van der Waals surface area contributed by atoms with Gasteiger partial charge in [0, 0.05) is 25.6 Å². The summed E-state index contributed by atoms with van der Waals surface area (Å²) in [6.45, 7) is 4.11. The van der Waals surface area contributed by atoms with Gasteiger partial charge in [-0.3, -0.25) is 0 Å². The summed E-state index contributed by atoms with van der Waals surface area (Å²) in [6, 6.07) is 13.6. The van der Waals surface area contributed by atoms with Gasteiger partial charge in [0.15, 0.2) is 0 Å². The van der Waals surface area contributed by atoms with Gasteiger partial charge in [-0.1, -0.05) is 50.8 Å². The van der Waals surface area contributed by atoms with E-state index in [0.717, 1.165) is 13.1 Å². The molecule has 1 saturated carbocycles. The number of benzene rings is 1. The summed E-state index contributed by atoms with van der Waals surface area (Å²) in [6.07, 6.45) is 9.53. The van der Waals surface area contributed by atoms with E-state index in [0.29, 0.717) is 12.5 Å².